The lowest BCUT2D eigenvalue weighted by molar-refractivity contribution is 0.0962. The van der Waals surface area contributed by atoms with Gasteiger partial charge in [-0.25, -0.2) is 4.79 Å². The Morgan fingerprint density at radius 2 is 2.40 bits per heavy atom. The lowest BCUT2D eigenvalue weighted by Gasteiger charge is -2.34. The molecule has 0 bridgehead atoms. The second-order valence-corrected chi connectivity index (χ2v) is 4.97. The van der Waals surface area contributed by atoms with Crippen LogP contribution in [0.2, 0.25) is 0 Å². The van der Waals surface area contributed by atoms with Gasteiger partial charge in [0.25, 0.3) is 0 Å². The van der Waals surface area contributed by atoms with Crippen LogP contribution in [0.15, 0.2) is 37.1 Å². The highest BCUT2D eigenvalue weighted by Crippen LogP contribution is 2.32. The molecule has 1 heterocycles. The highest BCUT2D eigenvalue weighted by atomic mass is 16.5. The zero-order valence-corrected chi connectivity index (χ0v) is 11.4. The molecule has 5 nitrogen and oxygen atoms in total. The number of ether oxygens (including phenoxy) is 1. The quantitative estimate of drug-likeness (QED) is 0.825. The average molecular weight is 276 g/mol. The smallest absolute Gasteiger partial charge is 0.407 e. The molecule has 5 heteroatoms. The Morgan fingerprint density at radius 3 is 3.10 bits per heavy atom. The number of alkyl carbamates (subject to hydrolysis) is 1. The fourth-order valence-corrected chi connectivity index (χ4v) is 2.57. The summed E-state index contributed by atoms with van der Waals surface area (Å²) in [6.07, 6.45) is 4.45. The summed E-state index contributed by atoms with van der Waals surface area (Å²) in [5.41, 5.74) is 0.889. The Balaban J connectivity index is 2.05. The monoisotopic (exact) mass is 276 g/mol. The van der Waals surface area contributed by atoms with Gasteiger partial charge < -0.3 is 15.2 Å². The molecule has 1 aromatic rings. The first-order valence-corrected chi connectivity index (χ1v) is 6.84. The van der Waals surface area contributed by atoms with Crippen LogP contribution in [0, 0.1) is 0 Å². The van der Waals surface area contributed by atoms with Crippen LogP contribution in [-0.4, -0.2) is 34.9 Å². The van der Waals surface area contributed by atoms with Crippen molar-refractivity contribution in [1.29, 1.82) is 0 Å². The van der Waals surface area contributed by atoms with Gasteiger partial charge >= 0.3 is 6.09 Å². The van der Waals surface area contributed by atoms with Gasteiger partial charge in [-0.3, -0.25) is 4.98 Å². The molecule has 2 rings (SSSR count). The van der Waals surface area contributed by atoms with Crippen molar-refractivity contribution in [2.75, 3.05) is 6.61 Å². The third-order valence-corrected chi connectivity index (χ3v) is 3.53. The molecule has 0 aromatic carbocycles. The summed E-state index contributed by atoms with van der Waals surface area (Å²) in [5, 5.41) is 12.7. The molecule has 0 spiro atoms. The Hall–Kier alpha value is -1.88. The van der Waals surface area contributed by atoms with Crippen LogP contribution in [-0.2, 0) is 4.74 Å². The zero-order valence-electron chi connectivity index (χ0n) is 11.4. The SMILES string of the molecule is C=CCOC(=O)NC1CCC(O)CC1c1ccccn1. The van der Waals surface area contributed by atoms with Gasteiger partial charge in [-0.1, -0.05) is 18.7 Å². The second-order valence-electron chi connectivity index (χ2n) is 4.97. The Kier molecular flexibility index (Phi) is 5.12. The number of nitrogens with zero attached hydrogens (tertiary/aromatic N) is 1. The van der Waals surface area contributed by atoms with Gasteiger partial charge in [-0.15, -0.1) is 0 Å². The van der Waals surface area contributed by atoms with E-state index in [1.54, 1.807) is 6.20 Å². The summed E-state index contributed by atoms with van der Waals surface area (Å²) in [4.78, 5) is 16.0. The zero-order chi connectivity index (χ0) is 14.4. The molecule has 0 saturated heterocycles. The second kappa shape index (κ2) is 7.05. The average Bonchev–Trinajstić information content (AvgIpc) is 2.48. The molecule has 1 aromatic heterocycles. The molecule has 0 aliphatic heterocycles. The molecule has 1 saturated carbocycles. The largest absolute Gasteiger partial charge is 0.445 e. The van der Waals surface area contributed by atoms with Crippen molar-refractivity contribution < 1.29 is 14.6 Å². The van der Waals surface area contributed by atoms with Crippen molar-refractivity contribution in [3.63, 3.8) is 0 Å². The van der Waals surface area contributed by atoms with Crippen LogP contribution in [0.4, 0.5) is 4.79 Å². The molecule has 1 fully saturated rings. The summed E-state index contributed by atoms with van der Waals surface area (Å²) in [5.74, 6) is 0.0104. The fourth-order valence-electron chi connectivity index (χ4n) is 2.57. The van der Waals surface area contributed by atoms with E-state index in [1.807, 2.05) is 18.2 Å². The van der Waals surface area contributed by atoms with Gasteiger partial charge in [0.15, 0.2) is 0 Å². The molecular weight excluding hydrogens is 256 g/mol. The minimum Gasteiger partial charge on any atom is -0.445 e. The Labute approximate surface area is 118 Å². The molecule has 0 radical (unpaired) electrons. The van der Waals surface area contributed by atoms with Crippen LogP contribution < -0.4 is 5.32 Å². The third-order valence-electron chi connectivity index (χ3n) is 3.53. The van der Waals surface area contributed by atoms with E-state index in [0.717, 1.165) is 5.69 Å². The van der Waals surface area contributed by atoms with Crippen molar-refractivity contribution in [3.8, 4) is 0 Å². The minimum absolute atomic E-state index is 0.0104. The summed E-state index contributed by atoms with van der Waals surface area (Å²) >= 11 is 0. The van der Waals surface area contributed by atoms with E-state index in [1.165, 1.54) is 6.08 Å². The van der Waals surface area contributed by atoms with Gasteiger partial charge in [0.2, 0.25) is 0 Å². The van der Waals surface area contributed by atoms with Crippen molar-refractivity contribution in [3.05, 3.63) is 42.7 Å². The van der Waals surface area contributed by atoms with Crippen molar-refractivity contribution in [1.82, 2.24) is 10.3 Å². The molecular formula is C15H20N2O3. The number of carbonyl (C=O) groups is 1. The standard InChI is InChI=1S/C15H20N2O3/c1-2-9-20-15(19)17-14-7-6-11(18)10-12(14)13-5-3-4-8-16-13/h2-5,8,11-12,14,18H,1,6-7,9-10H2,(H,17,19). The third kappa shape index (κ3) is 3.81. The molecule has 3 unspecified atom stereocenters. The van der Waals surface area contributed by atoms with Crippen LogP contribution in [0.5, 0.6) is 0 Å². The maximum absolute atomic E-state index is 11.7. The van der Waals surface area contributed by atoms with Gasteiger partial charge in [-0.2, -0.15) is 0 Å². The highest BCUT2D eigenvalue weighted by molar-refractivity contribution is 5.67. The molecule has 2 N–H and O–H groups in total. The van der Waals surface area contributed by atoms with Crippen molar-refractivity contribution in [2.45, 2.75) is 37.3 Å². The lowest BCUT2D eigenvalue weighted by atomic mass is 9.80. The number of nitrogens with one attached hydrogen (secondary N) is 1. The first-order valence-electron chi connectivity index (χ1n) is 6.84. The first-order chi connectivity index (χ1) is 9.70. The number of rotatable bonds is 4. The molecule has 1 aliphatic rings. The van der Waals surface area contributed by atoms with Crippen LogP contribution in [0.25, 0.3) is 0 Å². The predicted octanol–water partition coefficient (Wildman–Crippen LogP) is 1.99. The van der Waals surface area contributed by atoms with E-state index in [2.05, 4.69) is 16.9 Å². The topological polar surface area (TPSA) is 71.5 Å². The highest BCUT2D eigenvalue weighted by Gasteiger charge is 2.32. The molecule has 20 heavy (non-hydrogen) atoms. The Bertz CT molecular complexity index is 450. The number of aliphatic hydroxyl groups is 1. The summed E-state index contributed by atoms with van der Waals surface area (Å²) < 4.78 is 4.95. The van der Waals surface area contributed by atoms with Crippen LogP contribution in [0.3, 0.4) is 0 Å². The van der Waals surface area contributed by atoms with E-state index in [0.29, 0.717) is 19.3 Å². The fraction of sp³-hybridized carbons (Fsp3) is 0.467. The lowest BCUT2D eigenvalue weighted by Crippen LogP contribution is -2.44. The molecule has 1 aliphatic carbocycles. The van der Waals surface area contributed by atoms with Gasteiger partial charge in [0, 0.05) is 23.9 Å². The number of hydrogen-bond acceptors (Lipinski definition) is 4. The molecule has 108 valence electrons. The van der Waals surface area contributed by atoms with E-state index < -0.39 is 6.09 Å². The Morgan fingerprint density at radius 1 is 1.55 bits per heavy atom. The maximum atomic E-state index is 11.7. The molecule has 3 atom stereocenters. The van der Waals surface area contributed by atoms with Gasteiger partial charge in [0.05, 0.1) is 6.10 Å². The summed E-state index contributed by atoms with van der Waals surface area (Å²) in [7, 11) is 0. The predicted molar refractivity (Wildman–Crippen MR) is 75.3 cm³/mol. The minimum atomic E-state index is -0.452. The van der Waals surface area contributed by atoms with Crippen LogP contribution in [0.1, 0.15) is 30.9 Å². The maximum Gasteiger partial charge on any atom is 0.407 e. The summed E-state index contributed by atoms with van der Waals surface area (Å²) in [6, 6.07) is 5.62. The van der Waals surface area contributed by atoms with Crippen LogP contribution >= 0.6 is 0 Å². The normalized spacial score (nSPS) is 25.8. The van der Waals surface area contributed by atoms with Gasteiger partial charge in [0.1, 0.15) is 6.61 Å². The van der Waals surface area contributed by atoms with E-state index in [4.69, 9.17) is 4.74 Å². The van der Waals surface area contributed by atoms with Crippen molar-refractivity contribution >= 4 is 6.09 Å². The number of hydrogen-bond donors (Lipinski definition) is 2. The first kappa shape index (κ1) is 14.5. The molecule has 1 amide bonds. The number of aliphatic hydroxyl groups excluding tert-OH is 1. The van der Waals surface area contributed by atoms with E-state index in [9.17, 15) is 9.90 Å². The summed E-state index contributed by atoms with van der Waals surface area (Å²) in [6.45, 7) is 3.69. The van der Waals surface area contributed by atoms with Crippen molar-refractivity contribution in [2.24, 2.45) is 0 Å². The van der Waals surface area contributed by atoms with E-state index >= 15 is 0 Å². The number of aromatic nitrogens is 1. The number of pyridine rings is 1. The van der Waals surface area contributed by atoms with Gasteiger partial charge in [-0.05, 0) is 31.4 Å². The number of carbonyl (C=O) groups excluding carboxylic acids is 1. The van der Waals surface area contributed by atoms with E-state index in [-0.39, 0.29) is 24.7 Å². The number of amides is 1.